The summed E-state index contributed by atoms with van der Waals surface area (Å²) in [4.78, 5) is 84.2. The van der Waals surface area contributed by atoms with E-state index in [0.717, 1.165) is 133 Å². The average molecular weight is 1700 g/mol. The number of halogens is 10. The number of imidazole rings is 1. The van der Waals surface area contributed by atoms with Crippen molar-refractivity contribution >= 4 is 87.0 Å². The Bertz CT molecular complexity index is 4820. The van der Waals surface area contributed by atoms with Gasteiger partial charge in [0.05, 0.1) is 23.1 Å². The number of benzene rings is 6. The van der Waals surface area contributed by atoms with E-state index in [2.05, 4.69) is 37.9 Å². The fourth-order valence-corrected chi connectivity index (χ4v) is 19.5. The van der Waals surface area contributed by atoms with Gasteiger partial charge in [-0.2, -0.15) is 26.3 Å². The third kappa shape index (κ3) is 20.6. The van der Waals surface area contributed by atoms with Gasteiger partial charge in [0.2, 0.25) is 35.4 Å². The summed E-state index contributed by atoms with van der Waals surface area (Å²) in [6.07, 6.45) is 5.61. The minimum absolute atomic E-state index is 0.0297. The van der Waals surface area contributed by atoms with E-state index in [4.69, 9.17) is 69.3 Å². The molecular formula is C87H104Cl4F6N14O6. The van der Waals surface area contributed by atoms with E-state index in [0.29, 0.717) is 101 Å². The molecule has 2 saturated heterocycles. The van der Waals surface area contributed by atoms with E-state index in [1.807, 2.05) is 124 Å². The number of carbonyl (C=O) groups is 5. The third-order valence-electron chi connectivity index (χ3n) is 26.0. The number of para-hydroxylation sites is 2. The summed E-state index contributed by atoms with van der Waals surface area (Å²) in [6.45, 7) is 5.32. The number of carbonyl (C=O) groups excluding carboxylic acids is 5. The summed E-state index contributed by atoms with van der Waals surface area (Å²) in [5.41, 5.74) is 29.6. The van der Waals surface area contributed by atoms with Crippen LogP contribution in [-0.2, 0) is 77.6 Å². The molecule has 30 heteroatoms. The maximum atomic E-state index is 13.3. The number of likely N-dealkylation sites (tertiary alicyclic amines) is 1. The second kappa shape index (κ2) is 38.4. The van der Waals surface area contributed by atoms with Crippen molar-refractivity contribution in [2.45, 2.75) is 182 Å². The number of hydrogen-bond donors (Lipinski definition) is 7. The molecule has 11 N–H and O–H groups in total. The SMILES string of the molecule is NCC1(c2cccc(Cl)c2)CCC(C(=O)N2CCC(n3c(=O)[nH]c4ccccc43)CC2)CC1.NCC1(c2cccc(Cl)c2)CCC(C(=O)N2CCNC(=O)CC2)CC1.NCC1(c2cccc(Cl)c2)CCC(C(=O)N2CCn3c(nnc3C(F)(F)F)C2)CC1.NCC1(c2cccc(Cl)c2)CCC(C(=O)NCc2ccccc2C(F)(F)F)CC1. The molecule has 2 aromatic heterocycles. The molecule has 0 unspecified atom stereocenters. The van der Waals surface area contributed by atoms with E-state index in [-0.39, 0.29) is 124 Å². The molecule has 20 nitrogen and oxygen atoms in total. The molecular weight excluding hydrogens is 1590 g/mol. The predicted molar refractivity (Wildman–Crippen MR) is 442 cm³/mol. The number of fused-ring (bicyclic) bond motifs is 2. The molecule has 5 heterocycles. The number of alkyl halides is 6. The van der Waals surface area contributed by atoms with E-state index in [9.17, 15) is 55.1 Å². The zero-order valence-corrected chi connectivity index (χ0v) is 68.6. The molecule has 6 fully saturated rings. The van der Waals surface area contributed by atoms with Gasteiger partial charge >= 0.3 is 18.0 Å². The first-order valence-corrected chi connectivity index (χ1v) is 42.1. The molecule has 8 aromatic rings. The van der Waals surface area contributed by atoms with Crippen LogP contribution < -0.4 is 39.3 Å². The Kier molecular flexibility index (Phi) is 28.8. The molecule has 0 spiro atoms. The van der Waals surface area contributed by atoms with Gasteiger partial charge in [0.1, 0.15) is 0 Å². The highest BCUT2D eigenvalue weighted by atomic mass is 35.5. The average Bonchev–Trinajstić information content (AvgIpc) is 1.14. The fraction of sp³-hybridized carbons (Fsp3) is 0.494. The molecule has 6 aromatic carbocycles. The smallest absolute Gasteiger partial charge is 0.354 e. The van der Waals surface area contributed by atoms with Gasteiger partial charge in [0, 0.05) is 156 Å². The van der Waals surface area contributed by atoms with Crippen LogP contribution in [-0.4, -0.2) is 134 Å². The summed E-state index contributed by atoms with van der Waals surface area (Å²) in [5.74, 6) is -0.903. The van der Waals surface area contributed by atoms with Crippen LogP contribution in [0.3, 0.4) is 0 Å². The van der Waals surface area contributed by atoms with Crippen molar-refractivity contribution in [1.29, 1.82) is 0 Å². The monoisotopic (exact) mass is 1690 g/mol. The third-order valence-corrected chi connectivity index (χ3v) is 26.9. The van der Waals surface area contributed by atoms with Gasteiger partial charge in [-0.3, -0.25) is 28.5 Å². The highest BCUT2D eigenvalue weighted by Crippen LogP contribution is 2.47. The Morgan fingerprint density at radius 2 is 0.889 bits per heavy atom. The minimum Gasteiger partial charge on any atom is -0.354 e. The molecule has 628 valence electrons. The predicted octanol–water partition coefficient (Wildman–Crippen LogP) is 14.7. The van der Waals surface area contributed by atoms with Crippen molar-refractivity contribution in [1.82, 2.24) is 49.6 Å². The molecule has 117 heavy (non-hydrogen) atoms. The summed E-state index contributed by atoms with van der Waals surface area (Å²) < 4.78 is 81.3. The lowest BCUT2D eigenvalue weighted by molar-refractivity contribution is -0.148. The number of rotatable bonds is 15. The largest absolute Gasteiger partial charge is 0.451 e. The minimum atomic E-state index is -4.55. The van der Waals surface area contributed by atoms with Crippen LogP contribution in [0, 0.1) is 23.7 Å². The van der Waals surface area contributed by atoms with Crippen molar-refractivity contribution in [3.8, 4) is 0 Å². The second-order valence-electron chi connectivity index (χ2n) is 32.6. The summed E-state index contributed by atoms with van der Waals surface area (Å²) in [6, 6.07) is 44.5. The zero-order chi connectivity index (χ0) is 83.5. The molecule has 0 bridgehead atoms. The maximum Gasteiger partial charge on any atom is 0.451 e. The van der Waals surface area contributed by atoms with Gasteiger partial charge < -0.3 is 57.8 Å². The normalized spacial score (nSPS) is 24.6. The number of H-pyrrole nitrogens is 1. The number of nitrogens with zero attached hydrogens (tertiary/aromatic N) is 7. The molecule has 3 aliphatic heterocycles. The number of aromatic amines is 1. The lowest BCUT2D eigenvalue weighted by atomic mass is 9.66. The highest BCUT2D eigenvalue weighted by Gasteiger charge is 2.46. The van der Waals surface area contributed by atoms with Crippen molar-refractivity contribution in [2.75, 3.05) is 65.4 Å². The molecule has 4 saturated carbocycles. The Morgan fingerprint density at radius 1 is 0.470 bits per heavy atom. The van der Waals surface area contributed by atoms with E-state index in [1.165, 1.54) is 29.3 Å². The van der Waals surface area contributed by atoms with E-state index < -0.39 is 23.7 Å². The second-order valence-corrected chi connectivity index (χ2v) is 34.3. The molecule has 4 aliphatic carbocycles. The van der Waals surface area contributed by atoms with E-state index >= 15 is 0 Å². The molecule has 5 amide bonds. The molecule has 0 atom stereocenters. The summed E-state index contributed by atoms with van der Waals surface area (Å²) in [5, 5.41) is 15.2. The van der Waals surface area contributed by atoms with Gasteiger partial charge in [-0.25, -0.2) is 4.79 Å². The molecule has 0 radical (unpaired) electrons. The van der Waals surface area contributed by atoms with Crippen LogP contribution in [0.5, 0.6) is 0 Å². The number of nitrogens with two attached hydrogens (primary N) is 4. The number of aromatic nitrogens is 5. The van der Waals surface area contributed by atoms with Crippen LogP contribution in [0.25, 0.3) is 11.0 Å². The van der Waals surface area contributed by atoms with Crippen molar-refractivity contribution < 1.29 is 50.3 Å². The van der Waals surface area contributed by atoms with Crippen molar-refractivity contribution in [2.24, 2.45) is 46.6 Å². The lowest BCUT2D eigenvalue weighted by Gasteiger charge is -2.41. The van der Waals surface area contributed by atoms with Gasteiger partial charge in [-0.1, -0.05) is 125 Å². The highest BCUT2D eigenvalue weighted by molar-refractivity contribution is 6.31. The zero-order valence-electron chi connectivity index (χ0n) is 65.5. The van der Waals surface area contributed by atoms with Crippen LogP contribution in [0.2, 0.25) is 20.1 Å². The van der Waals surface area contributed by atoms with Crippen molar-refractivity contribution in [3.05, 3.63) is 221 Å². The quantitative estimate of drug-likeness (QED) is 0.0472. The van der Waals surface area contributed by atoms with Gasteiger partial charge in [-0.15, -0.1) is 10.2 Å². The Labute approximate surface area is 697 Å². The summed E-state index contributed by atoms with van der Waals surface area (Å²) >= 11 is 24.7. The topological polar surface area (TPSA) is 292 Å². The Hall–Kier alpha value is -8.34. The standard InChI is InChI=1S/C26H31ClN4O2.C22H24ClF3N2O.C20H23ClF3N5O.C19H26ClN3O2/c27-20-5-3-4-19(16-20)26(17-28)12-8-18(9-13-26)24(32)30-14-10-21(11-15-30)31-23-7-2-1-6-22(23)29-25(31)33;23-18-6-3-5-17(12-18)21(14-27)10-8-15(9-11-21)20(29)28-13-16-4-1-2-7-19(16)22(24,25)26;21-15-3-1-2-14(10-15)19(12-25)6-4-13(5-7-19)17(30)28-8-9-29-16(11-28)26-27-18(29)20(22,23)24;20-16-3-1-2-15(12-16)19(13-21)7-4-14(5-8-19)18(25)23-10-6-17(24)22-9-11-23/h1-7,16,18,21H,8-15,17,28H2,(H,29,33);1-7,12,15H,8-11,13-14,27H2,(H,28,29);1-3,10,13H,4-9,11-12,25H2;1-3,12,14H,4-11,13,21H2,(H,22,24). The van der Waals surface area contributed by atoms with Crippen LogP contribution in [0.4, 0.5) is 26.3 Å². The Balaban J connectivity index is 0.000000144. The van der Waals surface area contributed by atoms with Gasteiger partial charge in [-0.05, 0) is 210 Å². The summed E-state index contributed by atoms with van der Waals surface area (Å²) in [7, 11) is 0. The number of hydrogen-bond acceptors (Lipinski definition) is 12. The molecule has 7 aliphatic rings. The van der Waals surface area contributed by atoms with Gasteiger partial charge in [0.25, 0.3) is 0 Å². The number of amides is 5. The van der Waals surface area contributed by atoms with Crippen molar-refractivity contribution in [3.63, 3.8) is 0 Å². The first-order valence-electron chi connectivity index (χ1n) is 40.6. The molecule has 15 rings (SSSR count). The van der Waals surface area contributed by atoms with E-state index in [1.54, 1.807) is 4.90 Å². The first kappa shape index (κ1) is 88.0. The van der Waals surface area contributed by atoms with Crippen LogP contribution in [0.15, 0.2) is 150 Å². The lowest BCUT2D eigenvalue weighted by Crippen LogP contribution is -2.46. The van der Waals surface area contributed by atoms with Crippen LogP contribution in [0.1, 0.15) is 173 Å². The van der Waals surface area contributed by atoms with Crippen LogP contribution >= 0.6 is 46.4 Å². The maximum absolute atomic E-state index is 13.3. The fourth-order valence-electron chi connectivity index (χ4n) is 18.8. The Morgan fingerprint density at radius 3 is 1.32 bits per heavy atom. The van der Waals surface area contributed by atoms with Gasteiger partial charge in [0.15, 0.2) is 5.82 Å². The number of piperidine rings is 1. The first-order chi connectivity index (χ1) is 56.0. The number of nitrogens with one attached hydrogen (secondary N) is 3.